The van der Waals surface area contributed by atoms with Gasteiger partial charge >= 0.3 is 0 Å². The predicted molar refractivity (Wildman–Crippen MR) is 215 cm³/mol. The Bertz CT molecular complexity index is 2810. The van der Waals surface area contributed by atoms with Crippen molar-refractivity contribution in [3.63, 3.8) is 0 Å². The lowest BCUT2D eigenvalue weighted by atomic mass is 9.96. The highest BCUT2D eigenvalue weighted by atomic mass is 32.1. The Morgan fingerprint density at radius 3 is 1.49 bits per heavy atom. The third kappa shape index (κ3) is 4.66. The predicted octanol–water partition coefficient (Wildman–Crippen LogP) is 14.4. The van der Waals surface area contributed by atoms with Crippen molar-refractivity contribution < 1.29 is 0 Å². The zero-order chi connectivity index (χ0) is 32.3. The summed E-state index contributed by atoms with van der Waals surface area (Å²) in [5, 5.41) is 7.89. The third-order valence-electron chi connectivity index (χ3n) is 9.69. The van der Waals surface area contributed by atoms with E-state index in [0.717, 1.165) is 11.4 Å². The normalized spacial score (nSPS) is 11.7. The first-order chi connectivity index (χ1) is 24.3. The number of fused-ring (bicyclic) bond motifs is 8. The Balaban J connectivity index is 1.11. The van der Waals surface area contributed by atoms with Crippen molar-refractivity contribution in [2.75, 3.05) is 4.90 Å². The Hall–Kier alpha value is -5.74. The van der Waals surface area contributed by atoms with Gasteiger partial charge in [0, 0.05) is 52.4 Å². The van der Waals surface area contributed by atoms with Gasteiger partial charge in [0.15, 0.2) is 0 Å². The lowest BCUT2D eigenvalue weighted by Gasteiger charge is -2.26. The molecule has 10 rings (SSSR count). The first-order valence-corrected chi connectivity index (χ1v) is 18.2. The Labute approximate surface area is 292 Å². The Kier molecular flexibility index (Phi) is 6.61. The summed E-state index contributed by atoms with van der Waals surface area (Å²) in [6.07, 6.45) is 0. The molecule has 0 aliphatic heterocycles. The second-order valence-corrected chi connectivity index (χ2v) is 14.6. The molecule has 1 nitrogen and oxygen atoms in total. The van der Waals surface area contributed by atoms with Gasteiger partial charge in [0.25, 0.3) is 0 Å². The molecule has 8 aromatic carbocycles. The van der Waals surface area contributed by atoms with Crippen LogP contribution in [0, 0.1) is 0 Å². The smallest absolute Gasteiger partial charge is 0.0640 e. The van der Waals surface area contributed by atoms with Crippen LogP contribution in [0.5, 0.6) is 0 Å². The van der Waals surface area contributed by atoms with Crippen LogP contribution in [-0.2, 0) is 0 Å². The molecule has 2 aromatic heterocycles. The summed E-state index contributed by atoms with van der Waals surface area (Å²) in [5.74, 6) is 0. The molecular weight excluding hydrogens is 631 g/mol. The highest BCUT2D eigenvalue weighted by Crippen LogP contribution is 2.46. The first kappa shape index (κ1) is 28.3. The molecule has 0 saturated carbocycles. The molecule has 2 heterocycles. The van der Waals surface area contributed by atoms with Crippen LogP contribution in [0.2, 0.25) is 0 Å². The topological polar surface area (TPSA) is 3.24 Å². The standard InChI is InChI=1S/C46H29NS2/c1-2-10-30(11-3-1)31-20-24-33(25-21-31)47(42-17-9-16-40-37-12-4-7-19-44(37)49-46(40)42)34-26-22-32(23-27-34)35-14-8-15-39-36(35)28-29-41-38-13-5-6-18-43(38)48-45(39)41/h1-29H. The molecule has 0 aliphatic carbocycles. The number of rotatable bonds is 5. The van der Waals surface area contributed by atoms with Crippen LogP contribution in [0.3, 0.4) is 0 Å². The fourth-order valence-corrected chi connectivity index (χ4v) is 9.79. The lowest BCUT2D eigenvalue weighted by molar-refractivity contribution is 1.30. The summed E-state index contributed by atoms with van der Waals surface area (Å²) >= 11 is 3.76. The minimum Gasteiger partial charge on any atom is -0.309 e. The van der Waals surface area contributed by atoms with Crippen molar-refractivity contribution in [1.82, 2.24) is 0 Å². The average molecular weight is 660 g/mol. The van der Waals surface area contributed by atoms with E-state index in [1.807, 2.05) is 22.7 Å². The minimum absolute atomic E-state index is 1.13. The van der Waals surface area contributed by atoms with Crippen LogP contribution in [-0.4, -0.2) is 0 Å². The molecule has 0 unspecified atom stereocenters. The molecule has 230 valence electrons. The van der Waals surface area contributed by atoms with Crippen LogP contribution < -0.4 is 4.90 Å². The van der Waals surface area contributed by atoms with Gasteiger partial charge in [-0.2, -0.15) is 0 Å². The van der Waals surface area contributed by atoms with Crippen molar-refractivity contribution >= 4 is 90.9 Å². The van der Waals surface area contributed by atoms with E-state index in [-0.39, 0.29) is 0 Å². The molecule has 0 saturated heterocycles. The second-order valence-electron chi connectivity index (χ2n) is 12.5. The van der Waals surface area contributed by atoms with Gasteiger partial charge in [-0.05, 0) is 70.1 Å². The van der Waals surface area contributed by atoms with Crippen molar-refractivity contribution in [2.24, 2.45) is 0 Å². The molecule has 0 amide bonds. The first-order valence-electron chi connectivity index (χ1n) is 16.6. The highest BCUT2D eigenvalue weighted by molar-refractivity contribution is 7.27. The van der Waals surface area contributed by atoms with Crippen LogP contribution in [0.25, 0.3) is 73.4 Å². The van der Waals surface area contributed by atoms with E-state index in [1.165, 1.54) is 79.1 Å². The van der Waals surface area contributed by atoms with E-state index in [4.69, 9.17) is 0 Å². The van der Waals surface area contributed by atoms with E-state index >= 15 is 0 Å². The SMILES string of the molecule is c1ccc(-c2ccc(N(c3ccc(-c4cccc5c4ccc4c6ccccc6sc54)cc3)c3cccc4c3sc3ccccc34)cc2)cc1. The van der Waals surface area contributed by atoms with Gasteiger partial charge in [-0.15, -0.1) is 22.7 Å². The van der Waals surface area contributed by atoms with Gasteiger partial charge in [-0.3, -0.25) is 0 Å². The number of nitrogens with zero attached hydrogens (tertiary/aromatic N) is 1. The molecule has 0 N–H and O–H groups in total. The lowest BCUT2D eigenvalue weighted by Crippen LogP contribution is -2.10. The fraction of sp³-hybridized carbons (Fsp3) is 0. The molecule has 0 spiro atoms. The van der Waals surface area contributed by atoms with Crippen molar-refractivity contribution in [3.8, 4) is 22.3 Å². The van der Waals surface area contributed by atoms with Gasteiger partial charge in [0.05, 0.1) is 10.4 Å². The summed E-state index contributed by atoms with van der Waals surface area (Å²) in [5.41, 5.74) is 8.37. The largest absolute Gasteiger partial charge is 0.309 e. The molecule has 0 bridgehead atoms. The van der Waals surface area contributed by atoms with Crippen molar-refractivity contribution in [1.29, 1.82) is 0 Å². The highest BCUT2D eigenvalue weighted by Gasteiger charge is 2.19. The molecule has 0 radical (unpaired) electrons. The van der Waals surface area contributed by atoms with Crippen LogP contribution >= 0.6 is 22.7 Å². The second kappa shape index (κ2) is 11.5. The minimum atomic E-state index is 1.13. The molecule has 0 aliphatic rings. The van der Waals surface area contributed by atoms with E-state index in [1.54, 1.807) is 0 Å². The Morgan fingerprint density at radius 2 is 0.796 bits per heavy atom. The number of benzene rings is 8. The fourth-order valence-electron chi connectivity index (χ4n) is 7.35. The number of anilines is 3. The maximum atomic E-state index is 2.42. The molecular formula is C46H29NS2. The zero-order valence-electron chi connectivity index (χ0n) is 26.5. The van der Waals surface area contributed by atoms with Gasteiger partial charge in [0.2, 0.25) is 0 Å². The monoisotopic (exact) mass is 659 g/mol. The molecule has 0 atom stereocenters. The van der Waals surface area contributed by atoms with E-state index < -0.39 is 0 Å². The van der Waals surface area contributed by atoms with Crippen LogP contribution in [0.15, 0.2) is 176 Å². The zero-order valence-corrected chi connectivity index (χ0v) is 28.1. The van der Waals surface area contributed by atoms with Crippen molar-refractivity contribution in [2.45, 2.75) is 0 Å². The summed E-state index contributed by atoms with van der Waals surface area (Å²) in [6, 6.07) is 64.3. The summed E-state index contributed by atoms with van der Waals surface area (Å²) in [6.45, 7) is 0. The molecule has 10 aromatic rings. The maximum absolute atomic E-state index is 2.42. The van der Waals surface area contributed by atoms with Gasteiger partial charge in [-0.1, -0.05) is 133 Å². The van der Waals surface area contributed by atoms with E-state index in [0.29, 0.717) is 0 Å². The quantitative estimate of drug-likeness (QED) is 0.178. The summed E-state index contributed by atoms with van der Waals surface area (Å²) < 4.78 is 5.30. The van der Waals surface area contributed by atoms with Crippen LogP contribution in [0.4, 0.5) is 17.1 Å². The van der Waals surface area contributed by atoms with Crippen molar-refractivity contribution in [3.05, 3.63) is 176 Å². The summed E-state index contributed by atoms with van der Waals surface area (Å²) in [7, 11) is 0. The van der Waals surface area contributed by atoms with Gasteiger partial charge < -0.3 is 4.90 Å². The Morgan fingerprint density at radius 1 is 0.306 bits per heavy atom. The maximum Gasteiger partial charge on any atom is 0.0640 e. The molecule has 0 fully saturated rings. The van der Waals surface area contributed by atoms with Gasteiger partial charge in [0.1, 0.15) is 0 Å². The third-order valence-corrected chi connectivity index (χ3v) is 12.1. The number of hydrogen-bond acceptors (Lipinski definition) is 3. The van der Waals surface area contributed by atoms with Crippen LogP contribution in [0.1, 0.15) is 0 Å². The van der Waals surface area contributed by atoms with E-state index in [2.05, 4.69) is 181 Å². The van der Waals surface area contributed by atoms with Gasteiger partial charge in [-0.25, -0.2) is 0 Å². The molecule has 49 heavy (non-hydrogen) atoms. The number of thiophene rings is 2. The molecule has 3 heteroatoms. The average Bonchev–Trinajstić information content (AvgIpc) is 3.75. The summed E-state index contributed by atoms with van der Waals surface area (Å²) in [4.78, 5) is 2.42. The van der Waals surface area contributed by atoms with E-state index in [9.17, 15) is 0 Å². The number of hydrogen-bond donors (Lipinski definition) is 0.